The highest BCUT2D eigenvalue weighted by atomic mass is 16.4. The van der Waals surface area contributed by atoms with Gasteiger partial charge in [0.1, 0.15) is 17.1 Å². The minimum absolute atomic E-state index is 0.547. The van der Waals surface area contributed by atoms with E-state index in [1.54, 1.807) is 0 Å². The lowest BCUT2D eigenvalue weighted by molar-refractivity contribution is 0.548. The van der Waals surface area contributed by atoms with Gasteiger partial charge < -0.3 is 27.0 Å². The number of fused-ring (bicyclic) bond motifs is 20. The maximum Gasteiger partial charge on any atom is 0.307 e. The molecule has 0 aliphatic carbocycles. The average molecular weight is 1650 g/mol. The molecule has 0 unspecified atom stereocenters. The van der Waals surface area contributed by atoms with E-state index < -0.39 is 0 Å². The van der Waals surface area contributed by atoms with Crippen LogP contribution in [-0.4, -0.2) is 42.4 Å². The van der Waals surface area contributed by atoms with Crippen LogP contribution in [0, 0.1) is 0 Å². The first-order valence-electron chi connectivity index (χ1n) is 43.5. The van der Waals surface area contributed by atoms with Crippen LogP contribution in [0.2, 0.25) is 0 Å². The van der Waals surface area contributed by atoms with Crippen molar-refractivity contribution in [3.63, 3.8) is 0 Å². The predicted octanol–water partition coefficient (Wildman–Crippen LogP) is 30.6. The average Bonchev–Trinajstić information content (AvgIpc) is 1.55. The van der Waals surface area contributed by atoms with Gasteiger partial charge in [-0.25, -0.2) is 0 Å². The molecule has 0 saturated heterocycles. The van der Waals surface area contributed by atoms with E-state index in [1.807, 2.05) is 109 Å². The number of aromatic nitrogens is 9. The van der Waals surface area contributed by atoms with Gasteiger partial charge in [0.15, 0.2) is 17.3 Å². The highest BCUT2D eigenvalue weighted by Crippen LogP contribution is 2.49. The Hall–Kier alpha value is -17.6. The van der Waals surface area contributed by atoms with Crippen molar-refractivity contribution in [3.05, 3.63) is 455 Å². The maximum atomic E-state index is 6.81. The summed E-state index contributed by atoms with van der Waals surface area (Å²) in [5, 5.41) is 14.2. The highest BCUT2D eigenvalue weighted by molar-refractivity contribution is 6.28. The molecule has 9 aromatic heterocycles. The first kappa shape index (κ1) is 74.1. The summed E-state index contributed by atoms with van der Waals surface area (Å²) in [6.07, 6.45) is 0. The summed E-state index contributed by atoms with van der Waals surface area (Å²) in [7, 11) is 0. The molecular weight excluding hydrogens is 1580 g/mol. The fourth-order valence-electron chi connectivity index (χ4n) is 19.6. The molecule has 0 fully saturated rings. The quantitative estimate of drug-likeness (QED) is 0.121. The third-order valence-corrected chi connectivity index (χ3v) is 25.1. The molecule has 12 nitrogen and oxygen atoms in total. The van der Waals surface area contributed by atoms with Gasteiger partial charge in [0.05, 0.1) is 66.2 Å². The normalized spacial score (nSPS) is 11.7. The number of hydrogen-bond acceptors (Lipinski definition) is 6. The molecule has 0 radical (unpaired) electrons. The number of nitrogens with zero attached hydrogens (tertiary/aromatic N) is 9. The Morgan fingerprint density at radius 2 is 0.388 bits per heavy atom. The van der Waals surface area contributed by atoms with E-state index in [4.69, 9.17) is 28.2 Å². The minimum atomic E-state index is 0.547. The molecule has 12 heteroatoms. The first-order chi connectivity index (χ1) is 64.1. The van der Waals surface area contributed by atoms with Crippen molar-refractivity contribution in [2.45, 2.75) is 0 Å². The van der Waals surface area contributed by atoms with Crippen molar-refractivity contribution in [3.8, 4) is 103 Å². The van der Waals surface area contributed by atoms with Gasteiger partial charge in [0, 0.05) is 115 Å². The van der Waals surface area contributed by atoms with Crippen molar-refractivity contribution in [1.29, 1.82) is 0 Å². The Kier molecular flexibility index (Phi) is 17.6. The van der Waals surface area contributed by atoms with Gasteiger partial charge in [0.25, 0.3) is 0 Å². The first-order valence-corrected chi connectivity index (χ1v) is 43.5. The predicted molar refractivity (Wildman–Crippen MR) is 528 cm³/mol. The van der Waals surface area contributed by atoms with Crippen molar-refractivity contribution >= 4 is 131 Å². The topological polar surface area (TPSA) is 108 Å². The maximum absolute atomic E-state index is 6.81. The van der Waals surface area contributed by atoms with Crippen LogP contribution < -0.4 is 0 Å². The molecular formula is C117H75N9O3. The Labute approximate surface area is 739 Å². The van der Waals surface area contributed by atoms with E-state index in [9.17, 15) is 0 Å². The lowest BCUT2D eigenvalue weighted by Crippen LogP contribution is -1.95. The Balaban J connectivity index is 0.000000105. The largest absolute Gasteiger partial charge is 0.422 e. The lowest BCUT2D eigenvalue weighted by Gasteiger charge is -2.09. The Morgan fingerprint density at radius 3 is 0.760 bits per heavy atom. The molecule has 0 aliphatic heterocycles. The zero-order valence-electron chi connectivity index (χ0n) is 69.6. The van der Waals surface area contributed by atoms with Crippen molar-refractivity contribution in [2.24, 2.45) is 0 Å². The summed E-state index contributed by atoms with van der Waals surface area (Å²) in [6, 6.07) is 160. The number of rotatable bonds is 12. The molecule has 27 rings (SSSR count). The van der Waals surface area contributed by atoms with E-state index in [-0.39, 0.29) is 0 Å². The SMILES string of the molecule is c1ccc(-c2nc(-n3c4ccccc4c4c3ccc3c5ccccc5n(-c5ccccc5)c34)oc2-c2ccccc2)cc1.c1ccc(-c2nc(-n3c4ccccc4c4cc5c(cc43)c3ccccc3n5-c3ccccc3)oc2-c2ccccc2)cc1.c1ccc(-c2nc(-n3c4ccccc4c4ccc5c(c6ccccc6n5-c5ccccc5)c43)oc2-c2ccccc2)cc1. The molecule has 9 heterocycles. The van der Waals surface area contributed by atoms with Crippen LogP contribution in [0.15, 0.2) is 468 Å². The second-order valence-electron chi connectivity index (χ2n) is 32.4. The van der Waals surface area contributed by atoms with Gasteiger partial charge in [-0.3, -0.25) is 13.7 Å². The summed E-state index contributed by atoms with van der Waals surface area (Å²) in [5.41, 5.74) is 25.3. The fourth-order valence-corrected chi connectivity index (χ4v) is 19.6. The van der Waals surface area contributed by atoms with Crippen LogP contribution in [0.25, 0.3) is 234 Å². The van der Waals surface area contributed by atoms with Crippen LogP contribution >= 0.6 is 0 Å². The van der Waals surface area contributed by atoms with Gasteiger partial charge in [-0.15, -0.1) is 0 Å². The lowest BCUT2D eigenvalue weighted by atomic mass is 10.1. The molecule has 27 aromatic rings. The second kappa shape index (κ2) is 30.7. The van der Waals surface area contributed by atoms with Crippen LogP contribution in [0.3, 0.4) is 0 Å². The Morgan fingerprint density at radius 1 is 0.155 bits per heavy atom. The highest BCUT2D eigenvalue weighted by Gasteiger charge is 2.30. The van der Waals surface area contributed by atoms with E-state index in [2.05, 4.69) is 373 Å². The Bertz CT molecular complexity index is 8780. The molecule has 0 amide bonds. The van der Waals surface area contributed by atoms with E-state index in [0.717, 1.165) is 150 Å². The zero-order valence-corrected chi connectivity index (χ0v) is 69.6. The van der Waals surface area contributed by atoms with Crippen LogP contribution in [0.4, 0.5) is 0 Å². The van der Waals surface area contributed by atoms with E-state index in [1.165, 1.54) is 65.2 Å². The third kappa shape index (κ3) is 12.2. The third-order valence-electron chi connectivity index (χ3n) is 25.1. The fraction of sp³-hybridized carbons (Fsp3) is 0. The summed E-state index contributed by atoms with van der Waals surface area (Å²) >= 11 is 0. The van der Waals surface area contributed by atoms with Gasteiger partial charge in [-0.2, -0.15) is 15.0 Å². The monoisotopic (exact) mass is 1650 g/mol. The van der Waals surface area contributed by atoms with Gasteiger partial charge >= 0.3 is 18.0 Å². The number of hydrogen-bond donors (Lipinski definition) is 0. The van der Waals surface area contributed by atoms with Crippen LogP contribution in [0.5, 0.6) is 0 Å². The molecule has 606 valence electrons. The van der Waals surface area contributed by atoms with E-state index >= 15 is 0 Å². The summed E-state index contributed by atoms with van der Waals surface area (Å²) in [5.74, 6) is 2.27. The molecule has 0 spiro atoms. The molecule has 0 atom stereocenters. The molecule has 18 aromatic carbocycles. The molecule has 0 bridgehead atoms. The van der Waals surface area contributed by atoms with Gasteiger partial charge in [-0.05, 0) is 97.1 Å². The van der Waals surface area contributed by atoms with Gasteiger partial charge in [-0.1, -0.05) is 358 Å². The number of oxazole rings is 3. The summed E-state index contributed by atoms with van der Waals surface area (Å²) in [6.45, 7) is 0. The smallest absolute Gasteiger partial charge is 0.307 e. The van der Waals surface area contributed by atoms with Crippen molar-refractivity contribution < 1.29 is 13.3 Å². The minimum Gasteiger partial charge on any atom is -0.422 e. The van der Waals surface area contributed by atoms with E-state index in [0.29, 0.717) is 18.0 Å². The zero-order chi connectivity index (χ0) is 85.0. The molecule has 129 heavy (non-hydrogen) atoms. The van der Waals surface area contributed by atoms with Gasteiger partial charge in [0.2, 0.25) is 0 Å². The molecule has 0 aliphatic rings. The van der Waals surface area contributed by atoms with Crippen LogP contribution in [-0.2, 0) is 0 Å². The standard InChI is InChI=1S/3C39H25N3O/c1-4-14-26(15-5-1)37-38(27-16-6-2-7-17-27)43-39(40-37)42-34-23-13-11-21-30(34)32-24-35-31(25-36(32)42)29-20-10-12-22-33(29)41(35)28-18-8-3-9-19-28;1-4-14-26(15-5-1)36-38(27-16-6-2-7-17-27)43-39(40-36)42-32-22-12-10-20-29(32)30-24-25-34-35(37(30)42)31-21-11-13-23-33(31)41(34)28-18-8-3-9-19-28;1-4-14-26(15-5-1)36-38(27-16-6-2-7-17-27)43-39(40-36)42-33-23-13-11-21-31(33)35-34(42)25-24-30-29-20-10-12-22-32(29)41(37(30)35)28-18-8-3-9-19-28/h3*1-25H. The summed E-state index contributed by atoms with van der Waals surface area (Å²) in [4.78, 5) is 15.6. The number of para-hydroxylation sites is 9. The van der Waals surface area contributed by atoms with Crippen molar-refractivity contribution in [2.75, 3.05) is 0 Å². The number of benzene rings is 18. The van der Waals surface area contributed by atoms with Crippen molar-refractivity contribution in [1.82, 2.24) is 42.4 Å². The molecule has 0 saturated carbocycles. The molecule has 0 N–H and O–H groups in total. The summed E-state index contributed by atoms with van der Waals surface area (Å²) < 4.78 is 34.0. The second-order valence-corrected chi connectivity index (χ2v) is 32.4. The van der Waals surface area contributed by atoms with Crippen LogP contribution in [0.1, 0.15) is 0 Å².